The van der Waals surface area contributed by atoms with Crippen LogP contribution in [-0.2, 0) is 4.74 Å². The van der Waals surface area contributed by atoms with E-state index in [1.54, 1.807) is 0 Å². The third kappa shape index (κ3) is 3.13. The summed E-state index contributed by atoms with van der Waals surface area (Å²) in [7, 11) is 0. The van der Waals surface area contributed by atoms with E-state index < -0.39 is 18.3 Å². The number of nitrogens with one attached hydrogen (secondary N) is 1. The van der Waals surface area contributed by atoms with Gasteiger partial charge in [-0.2, -0.15) is 13.2 Å². The molecule has 0 saturated carbocycles. The van der Waals surface area contributed by atoms with Crippen LogP contribution in [0.15, 0.2) is 0 Å². The lowest BCUT2D eigenvalue weighted by Gasteiger charge is -2.26. The molecule has 0 radical (unpaired) electrons. The smallest absolute Gasteiger partial charge is 0.394 e. The molecule has 1 heterocycles. The Morgan fingerprint density at radius 3 is 2.54 bits per heavy atom. The lowest BCUT2D eigenvalue weighted by Crippen LogP contribution is -2.52. The highest BCUT2D eigenvalue weighted by molar-refractivity contribution is 4.91. The van der Waals surface area contributed by atoms with E-state index in [0.717, 1.165) is 0 Å². The number of rotatable bonds is 3. The maximum absolute atomic E-state index is 11.8. The van der Waals surface area contributed by atoms with Gasteiger partial charge in [0.25, 0.3) is 0 Å². The molecule has 0 aromatic heterocycles. The Labute approximate surface area is 73.9 Å². The van der Waals surface area contributed by atoms with Crippen molar-refractivity contribution in [2.24, 2.45) is 0 Å². The molecule has 3 nitrogen and oxygen atoms in total. The summed E-state index contributed by atoms with van der Waals surface area (Å²) in [6.45, 7) is -0.884. The van der Waals surface area contributed by atoms with Gasteiger partial charge in [-0.3, -0.25) is 5.32 Å². The molecule has 0 amide bonds. The Bertz CT molecular complexity index is 166. The molecule has 2 N–H and O–H groups in total. The fraction of sp³-hybridized carbons (Fsp3) is 1.00. The predicted octanol–water partition coefficient (Wildman–Crippen LogP) is 0.290. The molecule has 1 atom stereocenters. The second-order valence-electron chi connectivity index (χ2n) is 3.21. The number of halogens is 3. The largest absolute Gasteiger partial charge is 0.401 e. The van der Waals surface area contributed by atoms with Crippen molar-refractivity contribution in [1.29, 1.82) is 0 Å². The van der Waals surface area contributed by atoms with Gasteiger partial charge in [0.05, 0.1) is 25.3 Å². The highest BCUT2D eigenvalue weighted by atomic mass is 19.4. The molecule has 0 aromatic rings. The van der Waals surface area contributed by atoms with Crippen molar-refractivity contribution in [3.63, 3.8) is 0 Å². The Morgan fingerprint density at radius 2 is 2.15 bits per heavy atom. The number of ether oxygens (including phenoxy) is 1. The topological polar surface area (TPSA) is 41.5 Å². The first-order valence-electron chi connectivity index (χ1n) is 3.98. The van der Waals surface area contributed by atoms with Crippen LogP contribution in [0.1, 0.15) is 6.42 Å². The zero-order chi connectivity index (χ0) is 9.95. The molecule has 1 aliphatic rings. The average molecular weight is 199 g/mol. The van der Waals surface area contributed by atoms with Gasteiger partial charge < -0.3 is 9.84 Å². The normalized spacial score (nSPS) is 29.5. The van der Waals surface area contributed by atoms with Crippen molar-refractivity contribution in [2.75, 3.05) is 26.4 Å². The van der Waals surface area contributed by atoms with Crippen molar-refractivity contribution in [2.45, 2.75) is 18.1 Å². The summed E-state index contributed by atoms with van der Waals surface area (Å²) < 4.78 is 40.4. The molecule has 13 heavy (non-hydrogen) atoms. The van der Waals surface area contributed by atoms with Gasteiger partial charge in [-0.25, -0.2) is 0 Å². The van der Waals surface area contributed by atoms with E-state index in [2.05, 4.69) is 5.32 Å². The van der Waals surface area contributed by atoms with Gasteiger partial charge in [-0.05, 0) is 6.42 Å². The van der Waals surface area contributed by atoms with Crippen LogP contribution in [0.25, 0.3) is 0 Å². The van der Waals surface area contributed by atoms with Crippen molar-refractivity contribution in [3.05, 3.63) is 0 Å². The second-order valence-corrected chi connectivity index (χ2v) is 3.21. The maximum Gasteiger partial charge on any atom is 0.401 e. The first-order valence-corrected chi connectivity index (χ1v) is 3.98. The van der Waals surface area contributed by atoms with Gasteiger partial charge in [-0.15, -0.1) is 0 Å². The van der Waals surface area contributed by atoms with E-state index in [1.165, 1.54) is 0 Å². The maximum atomic E-state index is 11.8. The molecule has 78 valence electrons. The number of hydrogen-bond donors (Lipinski definition) is 2. The minimum absolute atomic E-state index is 0.138. The summed E-state index contributed by atoms with van der Waals surface area (Å²) in [5.41, 5.74) is -0.893. The highest BCUT2D eigenvalue weighted by Gasteiger charge is 2.38. The van der Waals surface area contributed by atoms with E-state index >= 15 is 0 Å². The molecule has 1 aliphatic heterocycles. The van der Waals surface area contributed by atoms with E-state index in [0.29, 0.717) is 13.0 Å². The average Bonchev–Trinajstić information content (AvgIpc) is 2.49. The predicted molar refractivity (Wildman–Crippen MR) is 39.3 cm³/mol. The Hall–Kier alpha value is -0.330. The molecule has 0 aromatic carbocycles. The van der Waals surface area contributed by atoms with E-state index in [4.69, 9.17) is 9.84 Å². The van der Waals surface area contributed by atoms with E-state index in [1.807, 2.05) is 0 Å². The summed E-state index contributed by atoms with van der Waals surface area (Å²) in [5.74, 6) is 0. The molecule has 1 saturated heterocycles. The van der Waals surface area contributed by atoms with Gasteiger partial charge in [0, 0.05) is 6.61 Å². The fourth-order valence-electron chi connectivity index (χ4n) is 1.21. The van der Waals surface area contributed by atoms with Crippen LogP contribution < -0.4 is 5.32 Å². The monoisotopic (exact) mass is 199 g/mol. The lowest BCUT2D eigenvalue weighted by atomic mass is 10.0. The number of hydrogen-bond acceptors (Lipinski definition) is 3. The summed E-state index contributed by atoms with van der Waals surface area (Å²) in [5, 5.41) is 11.2. The molecule has 0 bridgehead atoms. The van der Waals surface area contributed by atoms with Crippen LogP contribution in [0, 0.1) is 0 Å². The van der Waals surface area contributed by atoms with Crippen LogP contribution in [0.4, 0.5) is 13.2 Å². The van der Waals surface area contributed by atoms with Gasteiger partial charge in [-0.1, -0.05) is 0 Å². The Morgan fingerprint density at radius 1 is 1.46 bits per heavy atom. The molecular weight excluding hydrogens is 187 g/mol. The molecular formula is C7H12F3NO2. The second kappa shape index (κ2) is 3.81. The van der Waals surface area contributed by atoms with Crippen LogP contribution in [0.3, 0.4) is 0 Å². The molecule has 1 rings (SSSR count). The van der Waals surface area contributed by atoms with Crippen molar-refractivity contribution in [3.8, 4) is 0 Å². The van der Waals surface area contributed by atoms with Gasteiger partial charge in [0.1, 0.15) is 0 Å². The zero-order valence-electron chi connectivity index (χ0n) is 7.02. The third-order valence-electron chi connectivity index (χ3n) is 2.07. The van der Waals surface area contributed by atoms with E-state index in [-0.39, 0.29) is 13.2 Å². The minimum atomic E-state index is -4.25. The standard InChI is InChI=1S/C7H12F3NO2/c8-7(9,10)3-11-6(4-12)1-2-13-5-6/h11-12H,1-5H2. The van der Waals surface area contributed by atoms with Crippen LogP contribution in [0.5, 0.6) is 0 Å². The molecule has 0 aliphatic carbocycles. The summed E-state index contributed by atoms with van der Waals surface area (Å²) in [6.07, 6.45) is -3.83. The van der Waals surface area contributed by atoms with Crippen molar-refractivity contribution in [1.82, 2.24) is 5.32 Å². The van der Waals surface area contributed by atoms with Gasteiger partial charge in [0.2, 0.25) is 0 Å². The highest BCUT2D eigenvalue weighted by Crippen LogP contribution is 2.20. The van der Waals surface area contributed by atoms with Crippen LogP contribution in [0.2, 0.25) is 0 Å². The van der Waals surface area contributed by atoms with Gasteiger partial charge in [0.15, 0.2) is 0 Å². The number of aliphatic hydroxyl groups excluding tert-OH is 1. The SMILES string of the molecule is OCC1(NCC(F)(F)F)CCOC1. The number of aliphatic hydroxyl groups is 1. The van der Waals surface area contributed by atoms with Crippen LogP contribution in [-0.4, -0.2) is 43.2 Å². The van der Waals surface area contributed by atoms with Gasteiger partial charge >= 0.3 is 6.18 Å². The molecule has 6 heteroatoms. The summed E-state index contributed by atoms with van der Waals surface area (Å²) >= 11 is 0. The van der Waals surface area contributed by atoms with E-state index in [9.17, 15) is 13.2 Å². The Kier molecular flexibility index (Phi) is 3.15. The fourth-order valence-corrected chi connectivity index (χ4v) is 1.21. The summed E-state index contributed by atoms with van der Waals surface area (Å²) in [6, 6.07) is 0. The van der Waals surface area contributed by atoms with Crippen LogP contribution >= 0.6 is 0 Å². The minimum Gasteiger partial charge on any atom is -0.394 e. The Balaban J connectivity index is 2.40. The zero-order valence-corrected chi connectivity index (χ0v) is 7.02. The lowest BCUT2D eigenvalue weighted by molar-refractivity contribution is -0.129. The quantitative estimate of drug-likeness (QED) is 0.686. The van der Waals surface area contributed by atoms with Crippen molar-refractivity contribution >= 4 is 0 Å². The molecule has 1 unspecified atom stereocenters. The van der Waals surface area contributed by atoms with Crippen molar-refractivity contribution < 1.29 is 23.0 Å². The first-order chi connectivity index (χ1) is 5.97. The third-order valence-corrected chi connectivity index (χ3v) is 2.07. The first kappa shape index (κ1) is 10.7. The molecule has 0 spiro atoms. The molecule has 1 fully saturated rings. The summed E-state index contributed by atoms with van der Waals surface area (Å²) in [4.78, 5) is 0. The number of alkyl halides is 3.